The average Bonchev–Trinajstić information content (AvgIpc) is 2.70. The molecule has 0 amide bonds. The lowest BCUT2D eigenvalue weighted by Gasteiger charge is -2.09. The molecule has 0 aliphatic rings. The van der Waals surface area contributed by atoms with Gasteiger partial charge in [0, 0.05) is 17.5 Å². The molecule has 0 N–H and O–H groups in total. The summed E-state index contributed by atoms with van der Waals surface area (Å²) in [5.74, 6) is 0.644. The monoisotopic (exact) mass is 368 g/mol. The van der Waals surface area contributed by atoms with Crippen molar-refractivity contribution < 1.29 is 9.15 Å². The Hall–Kier alpha value is -3.73. The molecular formula is C23H16N2O3. The van der Waals surface area contributed by atoms with Gasteiger partial charge in [-0.2, -0.15) is 0 Å². The van der Waals surface area contributed by atoms with E-state index in [9.17, 15) is 4.79 Å². The van der Waals surface area contributed by atoms with Crippen molar-refractivity contribution in [2.75, 3.05) is 0 Å². The van der Waals surface area contributed by atoms with Crippen LogP contribution in [0.25, 0.3) is 33.0 Å². The Kier molecular flexibility index (Phi) is 3.79. The molecule has 5 aromatic rings. The third kappa shape index (κ3) is 2.97. The number of aryl methyl sites for hydroxylation is 1. The van der Waals surface area contributed by atoms with Crippen LogP contribution in [0.1, 0.15) is 11.1 Å². The van der Waals surface area contributed by atoms with Crippen LogP contribution in [0.5, 0.6) is 5.75 Å². The molecule has 0 radical (unpaired) electrons. The Morgan fingerprint density at radius 2 is 1.61 bits per heavy atom. The van der Waals surface area contributed by atoms with E-state index >= 15 is 0 Å². The Labute approximate surface area is 160 Å². The van der Waals surface area contributed by atoms with Gasteiger partial charge in [-0.15, -0.1) is 0 Å². The maximum Gasteiger partial charge on any atom is 0.336 e. The van der Waals surface area contributed by atoms with Crippen molar-refractivity contribution in [1.82, 2.24) is 9.97 Å². The van der Waals surface area contributed by atoms with Crippen LogP contribution in [-0.4, -0.2) is 9.97 Å². The number of para-hydroxylation sites is 2. The zero-order chi connectivity index (χ0) is 19.1. The fraction of sp³-hybridized carbons (Fsp3) is 0.0870. The second kappa shape index (κ2) is 6.46. The Bertz CT molecular complexity index is 1410. The highest BCUT2D eigenvalue weighted by Crippen LogP contribution is 2.23. The van der Waals surface area contributed by atoms with Gasteiger partial charge < -0.3 is 9.15 Å². The zero-order valence-electron chi connectivity index (χ0n) is 15.2. The zero-order valence-corrected chi connectivity index (χ0v) is 15.2. The van der Waals surface area contributed by atoms with Crippen molar-refractivity contribution >= 4 is 33.0 Å². The van der Waals surface area contributed by atoms with Crippen molar-refractivity contribution in [3.63, 3.8) is 0 Å². The maximum absolute atomic E-state index is 11.6. The van der Waals surface area contributed by atoms with E-state index in [4.69, 9.17) is 9.15 Å². The number of hydrogen-bond donors (Lipinski definition) is 0. The molecule has 0 aliphatic carbocycles. The second-order valence-electron chi connectivity index (χ2n) is 6.73. The summed E-state index contributed by atoms with van der Waals surface area (Å²) in [4.78, 5) is 20.9. The number of aromatic nitrogens is 2. The van der Waals surface area contributed by atoms with Crippen LogP contribution in [0.4, 0.5) is 0 Å². The predicted molar refractivity (Wildman–Crippen MR) is 109 cm³/mol. The van der Waals surface area contributed by atoms with Gasteiger partial charge in [0.05, 0.1) is 22.1 Å². The van der Waals surface area contributed by atoms with Gasteiger partial charge in [-0.25, -0.2) is 14.8 Å². The first-order chi connectivity index (χ1) is 13.7. The third-order valence-electron chi connectivity index (χ3n) is 4.73. The smallest absolute Gasteiger partial charge is 0.336 e. The lowest BCUT2D eigenvalue weighted by molar-refractivity contribution is 0.306. The highest BCUT2D eigenvalue weighted by Gasteiger charge is 2.06. The van der Waals surface area contributed by atoms with E-state index in [1.54, 1.807) is 6.07 Å². The van der Waals surface area contributed by atoms with Gasteiger partial charge in [0.25, 0.3) is 0 Å². The van der Waals surface area contributed by atoms with Crippen LogP contribution in [0.3, 0.4) is 0 Å². The Morgan fingerprint density at radius 3 is 2.43 bits per heavy atom. The predicted octanol–water partition coefficient (Wildman–Crippen LogP) is 4.78. The quantitative estimate of drug-likeness (QED) is 0.339. The third-order valence-corrected chi connectivity index (χ3v) is 4.73. The van der Waals surface area contributed by atoms with Crippen molar-refractivity contribution in [1.29, 1.82) is 0 Å². The highest BCUT2D eigenvalue weighted by atomic mass is 16.5. The maximum atomic E-state index is 11.6. The molecule has 0 atom stereocenters. The first kappa shape index (κ1) is 16.4. The molecular weight excluding hydrogens is 352 g/mol. The molecule has 136 valence electrons. The lowest BCUT2D eigenvalue weighted by atomic mass is 10.1. The summed E-state index contributed by atoms with van der Waals surface area (Å²) in [7, 11) is 0. The van der Waals surface area contributed by atoms with E-state index in [0.717, 1.165) is 38.6 Å². The van der Waals surface area contributed by atoms with E-state index in [0.29, 0.717) is 17.9 Å². The van der Waals surface area contributed by atoms with E-state index in [1.165, 1.54) is 6.07 Å². The molecule has 0 bridgehead atoms. The van der Waals surface area contributed by atoms with Gasteiger partial charge in [0.2, 0.25) is 0 Å². The van der Waals surface area contributed by atoms with Crippen molar-refractivity contribution in [2.45, 2.75) is 13.5 Å². The molecule has 0 saturated heterocycles. The van der Waals surface area contributed by atoms with Crippen LogP contribution >= 0.6 is 0 Å². The Morgan fingerprint density at radius 1 is 0.857 bits per heavy atom. The standard InChI is InChI=1S/C23H16N2O3/c1-14-10-23(26)28-22-12-16(7-8-17(14)22)27-13-15-6-9-20-21(11-15)25-19-5-3-2-4-18(19)24-20/h2-12H,13H2,1H3. The fourth-order valence-corrected chi connectivity index (χ4v) is 3.32. The topological polar surface area (TPSA) is 65.2 Å². The van der Waals surface area contributed by atoms with Crippen LogP contribution < -0.4 is 10.4 Å². The SMILES string of the molecule is Cc1cc(=O)oc2cc(OCc3ccc4nc5ccccc5nc4c3)ccc12. The summed E-state index contributed by atoms with van der Waals surface area (Å²) in [5.41, 5.74) is 5.48. The Balaban J connectivity index is 1.44. The molecule has 0 spiro atoms. The molecule has 0 unspecified atom stereocenters. The first-order valence-corrected chi connectivity index (χ1v) is 8.98. The van der Waals surface area contributed by atoms with Crippen LogP contribution in [0.15, 0.2) is 75.9 Å². The fourth-order valence-electron chi connectivity index (χ4n) is 3.32. The van der Waals surface area contributed by atoms with Gasteiger partial charge in [-0.05, 0) is 54.4 Å². The summed E-state index contributed by atoms with van der Waals surface area (Å²) in [5, 5.41) is 0.903. The molecule has 2 heterocycles. The van der Waals surface area contributed by atoms with Crippen molar-refractivity contribution in [3.05, 3.63) is 88.3 Å². The van der Waals surface area contributed by atoms with E-state index < -0.39 is 0 Å². The lowest BCUT2D eigenvalue weighted by Crippen LogP contribution is -1.99. The van der Waals surface area contributed by atoms with E-state index in [1.807, 2.05) is 61.5 Å². The normalized spacial score (nSPS) is 11.3. The molecule has 0 saturated carbocycles. The molecule has 28 heavy (non-hydrogen) atoms. The van der Waals surface area contributed by atoms with Crippen molar-refractivity contribution in [2.24, 2.45) is 0 Å². The van der Waals surface area contributed by atoms with Crippen LogP contribution in [-0.2, 0) is 6.61 Å². The minimum atomic E-state index is -0.359. The molecule has 0 fully saturated rings. The number of benzene rings is 3. The summed E-state index contributed by atoms with van der Waals surface area (Å²) >= 11 is 0. The summed E-state index contributed by atoms with van der Waals surface area (Å²) in [6.07, 6.45) is 0. The largest absolute Gasteiger partial charge is 0.489 e. The minimum absolute atomic E-state index is 0.359. The molecule has 5 rings (SSSR count). The number of nitrogens with zero attached hydrogens (tertiary/aromatic N) is 2. The first-order valence-electron chi connectivity index (χ1n) is 8.98. The summed E-state index contributed by atoms with van der Waals surface area (Å²) < 4.78 is 11.2. The van der Waals surface area contributed by atoms with E-state index in [-0.39, 0.29) is 5.63 Å². The van der Waals surface area contributed by atoms with Crippen LogP contribution in [0.2, 0.25) is 0 Å². The van der Waals surface area contributed by atoms with Gasteiger partial charge in [-0.3, -0.25) is 0 Å². The summed E-state index contributed by atoms with van der Waals surface area (Å²) in [6, 6.07) is 20.8. The molecule has 2 aromatic heterocycles. The van der Waals surface area contributed by atoms with E-state index in [2.05, 4.69) is 9.97 Å². The second-order valence-corrected chi connectivity index (χ2v) is 6.73. The average molecular weight is 368 g/mol. The molecule has 0 aliphatic heterocycles. The summed E-state index contributed by atoms with van der Waals surface area (Å²) in [6.45, 7) is 2.27. The molecule has 5 heteroatoms. The van der Waals surface area contributed by atoms with Gasteiger partial charge in [-0.1, -0.05) is 18.2 Å². The van der Waals surface area contributed by atoms with Gasteiger partial charge in [0.1, 0.15) is 17.9 Å². The number of rotatable bonds is 3. The number of ether oxygens (including phenoxy) is 1. The highest BCUT2D eigenvalue weighted by molar-refractivity contribution is 5.86. The molecule has 3 aromatic carbocycles. The number of fused-ring (bicyclic) bond motifs is 3. The minimum Gasteiger partial charge on any atom is -0.489 e. The van der Waals surface area contributed by atoms with Crippen LogP contribution in [0, 0.1) is 6.92 Å². The van der Waals surface area contributed by atoms with Gasteiger partial charge in [0.15, 0.2) is 0 Å². The van der Waals surface area contributed by atoms with Gasteiger partial charge >= 0.3 is 5.63 Å². The number of hydrogen-bond acceptors (Lipinski definition) is 5. The van der Waals surface area contributed by atoms with Crippen molar-refractivity contribution in [3.8, 4) is 5.75 Å². The molecule has 5 nitrogen and oxygen atoms in total.